The summed E-state index contributed by atoms with van der Waals surface area (Å²) >= 11 is 0. The summed E-state index contributed by atoms with van der Waals surface area (Å²) in [6.07, 6.45) is 3.33. The van der Waals surface area contributed by atoms with Crippen molar-refractivity contribution in [2.45, 2.75) is 19.5 Å². The smallest absolute Gasteiger partial charge is 0.219 e. The quantitative estimate of drug-likeness (QED) is 0.812. The molecule has 2 fully saturated rings. The van der Waals surface area contributed by atoms with Gasteiger partial charge in [-0.25, -0.2) is 4.98 Å². The van der Waals surface area contributed by atoms with Crippen LogP contribution in [0.4, 0.5) is 0 Å². The highest BCUT2D eigenvalue weighted by Crippen LogP contribution is 2.45. The van der Waals surface area contributed by atoms with Crippen LogP contribution >= 0.6 is 0 Å². The lowest BCUT2D eigenvalue weighted by molar-refractivity contribution is -0.130. The van der Waals surface area contributed by atoms with Crippen molar-refractivity contribution >= 4 is 5.91 Å². The van der Waals surface area contributed by atoms with E-state index in [0.29, 0.717) is 11.8 Å². The van der Waals surface area contributed by atoms with E-state index in [2.05, 4.69) is 27.1 Å². The number of nitrogens with zero attached hydrogens (tertiary/aromatic N) is 5. The zero-order valence-corrected chi connectivity index (χ0v) is 15.3. The van der Waals surface area contributed by atoms with Gasteiger partial charge in [-0.3, -0.25) is 9.48 Å². The lowest BCUT2D eigenvalue weighted by Crippen LogP contribution is -2.35. The van der Waals surface area contributed by atoms with Crippen LogP contribution in [0.5, 0.6) is 5.75 Å². The second-order valence-corrected chi connectivity index (χ2v) is 7.23. The first-order valence-corrected chi connectivity index (χ1v) is 9.11. The van der Waals surface area contributed by atoms with Crippen molar-refractivity contribution in [1.29, 1.82) is 0 Å². The summed E-state index contributed by atoms with van der Waals surface area (Å²) in [6.45, 7) is 6.39. The largest absolute Gasteiger partial charge is 0.497 e. The van der Waals surface area contributed by atoms with Gasteiger partial charge in [0, 0.05) is 39.0 Å². The van der Waals surface area contributed by atoms with Gasteiger partial charge in [0.15, 0.2) is 0 Å². The zero-order valence-electron chi connectivity index (χ0n) is 15.3. The van der Waals surface area contributed by atoms with E-state index in [9.17, 15) is 4.79 Å². The minimum Gasteiger partial charge on any atom is -0.497 e. The molecule has 3 heterocycles. The molecule has 3 atom stereocenters. The molecule has 2 aromatic rings. The van der Waals surface area contributed by atoms with Crippen LogP contribution in [0.2, 0.25) is 0 Å². The molecule has 26 heavy (non-hydrogen) atoms. The molecule has 2 aliphatic heterocycles. The Morgan fingerprint density at radius 1 is 1.19 bits per heavy atom. The minimum absolute atomic E-state index is 0.153. The predicted octanol–water partition coefficient (Wildman–Crippen LogP) is 1.44. The van der Waals surface area contributed by atoms with Crippen LogP contribution in [-0.4, -0.2) is 63.8 Å². The molecule has 4 rings (SSSR count). The fourth-order valence-corrected chi connectivity index (χ4v) is 4.46. The molecule has 0 unspecified atom stereocenters. The van der Waals surface area contributed by atoms with E-state index in [0.717, 1.165) is 38.5 Å². The summed E-state index contributed by atoms with van der Waals surface area (Å²) in [5.41, 5.74) is 1.20. The van der Waals surface area contributed by atoms with Gasteiger partial charge in [0.25, 0.3) is 0 Å². The molecule has 1 amide bonds. The lowest BCUT2D eigenvalue weighted by Gasteiger charge is -2.29. The van der Waals surface area contributed by atoms with E-state index < -0.39 is 0 Å². The molecule has 1 aromatic carbocycles. The fourth-order valence-electron chi connectivity index (χ4n) is 4.46. The van der Waals surface area contributed by atoms with Crippen molar-refractivity contribution in [2.24, 2.45) is 11.8 Å². The maximum atomic E-state index is 12.2. The molecular formula is C19H25N5O2. The van der Waals surface area contributed by atoms with Gasteiger partial charge in [0.2, 0.25) is 5.91 Å². The Labute approximate surface area is 153 Å². The van der Waals surface area contributed by atoms with Crippen LogP contribution in [0.25, 0.3) is 0 Å². The SMILES string of the molecule is COc1ccc([C@H]2[C@@H]3CN(CCn4cncn4)C[C@@H]3CN2C(C)=O)cc1. The topological polar surface area (TPSA) is 63.5 Å². The zero-order chi connectivity index (χ0) is 18.1. The Kier molecular flexibility index (Phi) is 4.63. The molecule has 0 saturated carbocycles. The monoisotopic (exact) mass is 355 g/mol. The van der Waals surface area contributed by atoms with Crippen molar-refractivity contribution in [3.8, 4) is 5.75 Å². The molecular weight excluding hydrogens is 330 g/mol. The molecule has 0 radical (unpaired) electrons. The number of ether oxygens (including phenoxy) is 1. The van der Waals surface area contributed by atoms with E-state index in [1.807, 2.05) is 21.7 Å². The Morgan fingerprint density at radius 3 is 2.65 bits per heavy atom. The standard InChI is InChI=1S/C19H25N5O2/c1-14(25)24-10-16-9-22(7-8-23-13-20-12-21-23)11-18(16)19(24)15-3-5-17(26-2)6-4-15/h3-6,12-13,16,18-19H,7-11H2,1-2H3/t16-,18-,19+/m1/s1. The Morgan fingerprint density at radius 2 is 2.00 bits per heavy atom. The predicted molar refractivity (Wildman–Crippen MR) is 96.6 cm³/mol. The molecule has 0 bridgehead atoms. The molecule has 7 nitrogen and oxygen atoms in total. The number of carbonyl (C=O) groups excluding carboxylic acids is 1. The normalized spacial score (nSPS) is 25.5. The van der Waals surface area contributed by atoms with E-state index in [1.54, 1.807) is 26.7 Å². The van der Waals surface area contributed by atoms with Crippen LogP contribution < -0.4 is 4.74 Å². The van der Waals surface area contributed by atoms with E-state index in [-0.39, 0.29) is 11.9 Å². The molecule has 7 heteroatoms. The van der Waals surface area contributed by atoms with Crippen LogP contribution in [-0.2, 0) is 11.3 Å². The molecule has 2 saturated heterocycles. The second-order valence-electron chi connectivity index (χ2n) is 7.23. The van der Waals surface area contributed by atoms with Gasteiger partial charge < -0.3 is 14.5 Å². The average molecular weight is 355 g/mol. The number of hydrogen-bond donors (Lipinski definition) is 0. The molecule has 0 spiro atoms. The number of aromatic nitrogens is 3. The fraction of sp³-hybridized carbons (Fsp3) is 0.526. The molecule has 1 aromatic heterocycles. The van der Waals surface area contributed by atoms with Crippen LogP contribution in [0.15, 0.2) is 36.9 Å². The Hall–Kier alpha value is -2.41. The first kappa shape index (κ1) is 17.0. The van der Waals surface area contributed by atoms with Crippen molar-refractivity contribution in [3.05, 3.63) is 42.5 Å². The molecule has 0 aliphatic carbocycles. The average Bonchev–Trinajstić information content (AvgIpc) is 3.35. The molecule has 0 N–H and O–H groups in total. The van der Waals surface area contributed by atoms with Gasteiger partial charge >= 0.3 is 0 Å². The number of fused-ring (bicyclic) bond motifs is 1. The number of hydrogen-bond acceptors (Lipinski definition) is 5. The van der Waals surface area contributed by atoms with E-state index >= 15 is 0 Å². The van der Waals surface area contributed by atoms with Crippen molar-refractivity contribution in [1.82, 2.24) is 24.6 Å². The summed E-state index contributed by atoms with van der Waals surface area (Å²) in [7, 11) is 1.67. The van der Waals surface area contributed by atoms with Gasteiger partial charge in [0.05, 0.1) is 19.7 Å². The first-order chi connectivity index (χ1) is 12.7. The van der Waals surface area contributed by atoms with Crippen LogP contribution in [0.1, 0.15) is 18.5 Å². The number of likely N-dealkylation sites (tertiary alicyclic amines) is 2. The highest BCUT2D eigenvalue weighted by molar-refractivity contribution is 5.74. The van der Waals surface area contributed by atoms with E-state index in [1.165, 1.54) is 5.56 Å². The molecule has 2 aliphatic rings. The van der Waals surface area contributed by atoms with Gasteiger partial charge in [-0.2, -0.15) is 5.10 Å². The van der Waals surface area contributed by atoms with Gasteiger partial charge in [-0.05, 0) is 23.6 Å². The third kappa shape index (κ3) is 3.19. The summed E-state index contributed by atoms with van der Waals surface area (Å²) in [5.74, 6) is 2.01. The van der Waals surface area contributed by atoms with Crippen molar-refractivity contribution in [2.75, 3.05) is 33.3 Å². The first-order valence-electron chi connectivity index (χ1n) is 9.11. The van der Waals surface area contributed by atoms with Crippen LogP contribution in [0.3, 0.4) is 0 Å². The summed E-state index contributed by atoms with van der Waals surface area (Å²) in [5, 5.41) is 4.18. The van der Waals surface area contributed by atoms with Crippen LogP contribution in [0, 0.1) is 11.8 Å². The summed E-state index contributed by atoms with van der Waals surface area (Å²) in [6, 6.07) is 8.32. The Balaban J connectivity index is 1.48. The minimum atomic E-state index is 0.153. The van der Waals surface area contributed by atoms with Gasteiger partial charge in [-0.1, -0.05) is 12.1 Å². The summed E-state index contributed by atoms with van der Waals surface area (Å²) < 4.78 is 7.15. The number of carbonyl (C=O) groups is 1. The van der Waals surface area contributed by atoms with E-state index in [4.69, 9.17) is 4.74 Å². The summed E-state index contributed by atoms with van der Waals surface area (Å²) in [4.78, 5) is 20.8. The lowest BCUT2D eigenvalue weighted by atomic mass is 9.89. The van der Waals surface area contributed by atoms with Gasteiger partial charge in [-0.15, -0.1) is 0 Å². The number of amides is 1. The third-order valence-corrected chi connectivity index (χ3v) is 5.71. The number of rotatable bonds is 5. The maximum absolute atomic E-state index is 12.2. The number of methoxy groups -OCH3 is 1. The third-order valence-electron chi connectivity index (χ3n) is 5.71. The second kappa shape index (κ2) is 7.07. The van der Waals surface area contributed by atoms with Crippen molar-refractivity contribution < 1.29 is 9.53 Å². The highest BCUT2D eigenvalue weighted by Gasteiger charge is 2.48. The molecule has 138 valence electrons. The van der Waals surface area contributed by atoms with Crippen molar-refractivity contribution in [3.63, 3.8) is 0 Å². The Bertz CT molecular complexity index is 746. The number of benzene rings is 1. The maximum Gasteiger partial charge on any atom is 0.219 e. The highest BCUT2D eigenvalue weighted by atomic mass is 16.5. The van der Waals surface area contributed by atoms with Gasteiger partial charge in [0.1, 0.15) is 18.4 Å².